The molecule has 4 nitrogen and oxygen atoms in total. The Balaban J connectivity index is 2.54. The molecule has 0 radical (unpaired) electrons. The molecule has 102 valence electrons. The van der Waals surface area contributed by atoms with Gasteiger partial charge in [-0.1, -0.05) is 20.8 Å². The highest BCUT2D eigenvalue weighted by Crippen LogP contribution is 2.17. The van der Waals surface area contributed by atoms with Gasteiger partial charge in [-0.3, -0.25) is 4.68 Å². The molecule has 4 heteroatoms. The molecule has 0 aliphatic heterocycles. The minimum absolute atomic E-state index is 0.253. The van der Waals surface area contributed by atoms with Gasteiger partial charge in [0.05, 0.1) is 17.6 Å². The molecule has 1 aromatic heterocycles. The molecule has 0 fully saturated rings. The number of rotatable bonds is 8. The van der Waals surface area contributed by atoms with E-state index in [1.807, 2.05) is 6.20 Å². The van der Waals surface area contributed by atoms with Crippen LogP contribution in [0.5, 0.6) is 0 Å². The van der Waals surface area contributed by atoms with E-state index in [-0.39, 0.29) is 5.78 Å². The third-order valence-electron chi connectivity index (χ3n) is 2.84. The second-order valence-electron chi connectivity index (χ2n) is 5.17. The molecule has 0 unspecified atom stereocenters. The van der Waals surface area contributed by atoms with Crippen LogP contribution >= 0.6 is 0 Å². The zero-order valence-electron chi connectivity index (χ0n) is 12.0. The molecular formula is C14H25N3O. The summed E-state index contributed by atoms with van der Waals surface area (Å²) >= 11 is 0. The minimum Gasteiger partial charge on any atom is -0.382 e. The van der Waals surface area contributed by atoms with E-state index in [0.717, 1.165) is 31.6 Å². The highest BCUT2D eigenvalue weighted by atomic mass is 16.1. The topological polar surface area (TPSA) is 46.9 Å². The minimum atomic E-state index is 0.253. The number of hydrogen-bond donors (Lipinski definition) is 1. The Labute approximate surface area is 110 Å². The first kappa shape index (κ1) is 14.7. The number of Topliss-reactive ketones (excluding diaryl/α,β-unsaturated/α-hetero) is 1. The van der Waals surface area contributed by atoms with E-state index >= 15 is 0 Å². The lowest BCUT2D eigenvalue weighted by Gasteiger charge is -2.11. The highest BCUT2D eigenvalue weighted by molar-refractivity contribution is 5.75. The van der Waals surface area contributed by atoms with Crippen molar-refractivity contribution in [3.63, 3.8) is 0 Å². The molecule has 1 rings (SSSR count). The third kappa shape index (κ3) is 4.51. The zero-order chi connectivity index (χ0) is 13.5. The first-order valence-corrected chi connectivity index (χ1v) is 6.82. The molecule has 0 saturated heterocycles. The van der Waals surface area contributed by atoms with E-state index in [2.05, 4.69) is 35.9 Å². The van der Waals surface area contributed by atoms with Crippen LogP contribution < -0.4 is 5.32 Å². The fraction of sp³-hybridized carbons (Fsp3) is 0.714. The van der Waals surface area contributed by atoms with E-state index in [4.69, 9.17) is 0 Å². The van der Waals surface area contributed by atoms with Gasteiger partial charge in [-0.15, -0.1) is 0 Å². The van der Waals surface area contributed by atoms with Crippen molar-refractivity contribution in [3.05, 3.63) is 11.9 Å². The van der Waals surface area contributed by atoms with Gasteiger partial charge in [-0.25, -0.2) is 0 Å². The van der Waals surface area contributed by atoms with E-state index in [1.165, 1.54) is 5.69 Å². The van der Waals surface area contributed by atoms with Crippen molar-refractivity contribution < 1.29 is 4.79 Å². The first-order chi connectivity index (χ1) is 8.54. The van der Waals surface area contributed by atoms with Crippen LogP contribution in [0, 0.1) is 5.92 Å². The van der Waals surface area contributed by atoms with Crippen molar-refractivity contribution in [3.8, 4) is 0 Å². The smallest absolute Gasteiger partial charge is 0.129 e. The number of ketones is 1. The fourth-order valence-electron chi connectivity index (χ4n) is 1.99. The van der Waals surface area contributed by atoms with E-state index in [1.54, 1.807) is 6.92 Å². The fourth-order valence-corrected chi connectivity index (χ4v) is 1.99. The van der Waals surface area contributed by atoms with Crippen molar-refractivity contribution >= 4 is 11.5 Å². The van der Waals surface area contributed by atoms with E-state index in [9.17, 15) is 4.79 Å². The predicted octanol–water partition coefficient (Wildman–Crippen LogP) is 2.88. The predicted molar refractivity (Wildman–Crippen MR) is 74.8 cm³/mol. The summed E-state index contributed by atoms with van der Waals surface area (Å²) < 4.78 is 2.08. The van der Waals surface area contributed by atoms with Crippen molar-refractivity contribution in [2.45, 2.75) is 53.5 Å². The van der Waals surface area contributed by atoms with Crippen molar-refractivity contribution in [1.29, 1.82) is 0 Å². The van der Waals surface area contributed by atoms with Crippen LogP contribution in [0.3, 0.4) is 0 Å². The van der Waals surface area contributed by atoms with Gasteiger partial charge in [-0.05, 0) is 25.7 Å². The molecule has 0 aliphatic rings. The molecule has 18 heavy (non-hydrogen) atoms. The summed E-state index contributed by atoms with van der Waals surface area (Å²) in [5, 5.41) is 7.81. The number of aromatic nitrogens is 2. The Morgan fingerprint density at radius 2 is 2.22 bits per heavy atom. The van der Waals surface area contributed by atoms with Crippen LogP contribution in [0.1, 0.15) is 46.2 Å². The van der Waals surface area contributed by atoms with Crippen LogP contribution in [-0.4, -0.2) is 22.1 Å². The summed E-state index contributed by atoms with van der Waals surface area (Å²) in [5.41, 5.74) is 2.37. The number of carbonyl (C=O) groups is 1. The highest BCUT2D eigenvalue weighted by Gasteiger charge is 2.09. The number of nitrogens with zero attached hydrogens (tertiary/aromatic N) is 2. The Kier molecular flexibility index (Phi) is 5.89. The number of nitrogens with one attached hydrogen (secondary N) is 1. The molecule has 0 spiro atoms. The Bertz CT molecular complexity index is 382. The van der Waals surface area contributed by atoms with Crippen molar-refractivity contribution in [2.75, 3.05) is 11.9 Å². The van der Waals surface area contributed by atoms with Crippen molar-refractivity contribution in [1.82, 2.24) is 9.78 Å². The molecule has 1 N–H and O–H groups in total. The average Bonchev–Trinajstić information content (AvgIpc) is 2.65. The second kappa shape index (κ2) is 7.19. The molecule has 0 atom stereocenters. The van der Waals surface area contributed by atoms with Crippen LogP contribution in [-0.2, 0) is 17.8 Å². The van der Waals surface area contributed by atoms with E-state index in [0.29, 0.717) is 12.3 Å². The van der Waals surface area contributed by atoms with Gasteiger partial charge < -0.3 is 10.1 Å². The zero-order valence-corrected chi connectivity index (χ0v) is 12.0. The molecule has 0 bridgehead atoms. The summed E-state index contributed by atoms with van der Waals surface area (Å²) in [7, 11) is 0. The summed E-state index contributed by atoms with van der Waals surface area (Å²) in [6, 6.07) is 0. The maximum atomic E-state index is 10.9. The normalized spacial score (nSPS) is 10.9. The number of anilines is 1. The molecule has 0 amide bonds. The SMILES string of the molecule is CCc1c(NCCCC(C)=O)cnn1CC(C)C. The Hall–Kier alpha value is -1.32. The summed E-state index contributed by atoms with van der Waals surface area (Å²) in [4.78, 5) is 10.9. The lowest BCUT2D eigenvalue weighted by molar-refractivity contribution is -0.117. The number of carbonyl (C=O) groups excluding carboxylic acids is 1. The van der Waals surface area contributed by atoms with Crippen LogP contribution in [0.25, 0.3) is 0 Å². The van der Waals surface area contributed by atoms with Gasteiger partial charge in [-0.2, -0.15) is 5.10 Å². The van der Waals surface area contributed by atoms with Gasteiger partial charge >= 0.3 is 0 Å². The Morgan fingerprint density at radius 3 is 2.78 bits per heavy atom. The number of hydrogen-bond acceptors (Lipinski definition) is 3. The quantitative estimate of drug-likeness (QED) is 0.723. The van der Waals surface area contributed by atoms with Crippen molar-refractivity contribution in [2.24, 2.45) is 5.92 Å². The molecule has 0 aliphatic carbocycles. The molecule has 1 heterocycles. The third-order valence-corrected chi connectivity index (χ3v) is 2.84. The second-order valence-corrected chi connectivity index (χ2v) is 5.17. The molecule has 0 saturated carbocycles. The van der Waals surface area contributed by atoms with Gasteiger partial charge in [0.25, 0.3) is 0 Å². The molecule has 1 aromatic rings. The average molecular weight is 251 g/mol. The lowest BCUT2D eigenvalue weighted by atomic mass is 10.2. The summed E-state index contributed by atoms with van der Waals surface area (Å²) in [6.07, 6.45) is 4.40. The maximum absolute atomic E-state index is 10.9. The van der Waals surface area contributed by atoms with Gasteiger partial charge in [0, 0.05) is 19.5 Å². The van der Waals surface area contributed by atoms with Crippen LogP contribution in [0.2, 0.25) is 0 Å². The summed E-state index contributed by atoms with van der Waals surface area (Å²) in [6.45, 7) is 9.97. The summed E-state index contributed by atoms with van der Waals surface area (Å²) in [5.74, 6) is 0.851. The monoisotopic (exact) mass is 251 g/mol. The molecule has 0 aromatic carbocycles. The van der Waals surface area contributed by atoms with Gasteiger partial charge in [0.1, 0.15) is 5.78 Å². The van der Waals surface area contributed by atoms with E-state index < -0.39 is 0 Å². The molecular weight excluding hydrogens is 226 g/mol. The maximum Gasteiger partial charge on any atom is 0.129 e. The van der Waals surface area contributed by atoms with Gasteiger partial charge in [0.2, 0.25) is 0 Å². The van der Waals surface area contributed by atoms with Crippen LogP contribution in [0.15, 0.2) is 6.20 Å². The van der Waals surface area contributed by atoms with Crippen LogP contribution in [0.4, 0.5) is 5.69 Å². The first-order valence-electron chi connectivity index (χ1n) is 6.82. The standard InChI is InChI=1S/C14H25N3O/c1-5-14-13(15-8-6-7-12(4)18)9-16-17(14)10-11(2)3/h9,11,15H,5-8,10H2,1-4H3. The lowest BCUT2D eigenvalue weighted by Crippen LogP contribution is -2.11. The largest absolute Gasteiger partial charge is 0.382 e. The van der Waals surface area contributed by atoms with Gasteiger partial charge in [0.15, 0.2) is 0 Å². The Morgan fingerprint density at radius 1 is 1.50 bits per heavy atom.